The van der Waals surface area contributed by atoms with E-state index in [0.29, 0.717) is 6.04 Å². The average molecular weight is 282 g/mol. The van der Waals surface area contributed by atoms with Gasteiger partial charge >= 0.3 is 0 Å². The molecule has 2 aliphatic rings. The molecule has 0 aliphatic carbocycles. The highest BCUT2D eigenvalue weighted by molar-refractivity contribution is 5.83. The Morgan fingerprint density at radius 2 is 1.90 bits per heavy atom. The van der Waals surface area contributed by atoms with Crippen LogP contribution >= 0.6 is 0 Å². The Kier molecular flexibility index (Phi) is 3.15. The van der Waals surface area contributed by atoms with Crippen LogP contribution in [0, 0.1) is 5.82 Å². The van der Waals surface area contributed by atoms with Crippen molar-refractivity contribution in [2.45, 2.75) is 18.9 Å². The van der Waals surface area contributed by atoms with Gasteiger partial charge in [-0.25, -0.2) is 4.39 Å². The fourth-order valence-corrected chi connectivity index (χ4v) is 3.65. The molecule has 21 heavy (non-hydrogen) atoms. The minimum atomic E-state index is -0.178. The summed E-state index contributed by atoms with van der Waals surface area (Å²) >= 11 is 0. The maximum absolute atomic E-state index is 13.2. The molecule has 0 bridgehead atoms. The molecule has 0 amide bonds. The molecule has 1 atom stereocenters. The third-order valence-corrected chi connectivity index (χ3v) is 4.64. The summed E-state index contributed by atoms with van der Waals surface area (Å²) in [5, 5.41) is 3.48. The Morgan fingerprint density at radius 3 is 2.76 bits per heavy atom. The first-order chi connectivity index (χ1) is 10.3. The van der Waals surface area contributed by atoms with E-state index in [0.717, 1.165) is 31.6 Å². The normalized spacial score (nSPS) is 20.8. The minimum absolute atomic E-state index is 0.178. The standard InChI is InChI=1S/C18H19FN2/c19-15-6-4-13(5-7-15)17-3-1-2-14-12-16-8-9-20-10-11-21(16)18(14)17/h1-7,16,20H,8-12H2. The molecule has 0 saturated carbocycles. The molecule has 1 fully saturated rings. The second-order valence-electron chi connectivity index (χ2n) is 5.91. The van der Waals surface area contributed by atoms with Gasteiger partial charge in [-0.3, -0.25) is 0 Å². The van der Waals surface area contributed by atoms with E-state index in [9.17, 15) is 4.39 Å². The zero-order chi connectivity index (χ0) is 14.2. The maximum Gasteiger partial charge on any atom is 0.123 e. The Balaban J connectivity index is 1.81. The largest absolute Gasteiger partial charge is 0.366 e. The van der Waals surface area contributed by atoms with Gasteiger partial charge in [-0.05, 0) is 42.6 Å². The summed E-state index contributed by atoms with van der Waals surface area (Å²) in [5.74, 6) is -0.178. The summed E-state index contributed by atoms with van der Waals surface area (Å²) in [7, 11) is 0. The van der Waals surface area contributed by atoms with Gasteiger partial charge in [0.05, 0.1) is 0 Å². The lowest BCUT2D eigenvalue weighted by atomic mass is 10.00. The van der Waals surface area contributed by atoms with E-state index < -0.39 is 0 Å². The van der Waals surface area contributed by atoms with Crippen molar-refractivity contribution in [3.63, 3.8) is 0 Å². The highest BCUT2D eigenvalue weighted by atomic mass is 19.1. The van der Waals surface area contributed by atoms with E-state index in [-0.39, 0.29) is 5.82 Å². The lowest BCUT2D eigenvalue weighted by Gasteiger charge is -2.26. The SMILES string of the molecule is Fc1ccc(-c2cccc3c2N2CCNCCC2C3)cc1. The quantitative estimate of drug-likeness (QED) is 0.864. The van der Waals surface area contributed by atoms with Crippen LogP contribution in [-0.4, -0.2) is 25.7 Å². The monoisotopic (exact) mass is 282 g/mol. The van der Waals surface area contributed by atoms with Crippen molar-refractivity contribution in [3.05, 3.63) is 53.8 Å². The summed E-state index contributed by atoms with van der Waals surface area (Å²) in [5.41, 5.74) is 5.13. The number of halogens is 1. The van der Waals surface area contributed by atoms with E-state index in [1.165, 1.54) is 23.2 Å². The molecule has 2 aliphatic heterocycles. The number of rotatable bonds is 1. The van der Waals surface area contributed by atoms with Crippen molar-refractivity contribution in [3.8, 4) is 11.1 Å². The molecule has 1 N–H and O–H groups in total. The zero-order valence-corrected chi connectivity index (χ0v) is 12.0. The number of nitrogens with zero attached hydrogens (tertiary/aromatic N) is 1. The van der Waals surface area contributed by atoms with Crippen LogP contribution < -0.4 is 10.2 Å². The molecule has 2 aromatic rings. The number of para-hydroxylation sites is 1. The summed E-state index contributed by atoms with van der Waals surface area (Å²) in [4.78, 5) is 2.55. The van der Waals surface area contributed by atoms with Crippen molar-refractivity contribution < 1.29 is 4.39 Å². The predicted molar refractivity (Wildman–Crippen MR) is 84.2 cm³/mol. The fourth-order valence-electron chi connectivity index (χ4n) is 3.65. The molecule has 2 heterocycles. The molecule has 3 heteroatoms. The van der Waals surface area contributed by atoms with E-state index in [2.05, 4.69) is 28.4 Å². The lowest BCUT2D eigenvalue weighted by Crippen LogP contribution is -2.33. The van der Waals surface area contributed by atoms with Crippen molar-refractivity contribution >= 4 is 5.69 Å². The minimum Gasteiger partial charge on any atom is -0.366 e. The highest BCUT2D eigenvalue weighted by Gasteiger charge is 2.31. The molecular formula is C18H19FN2. The molecule has 0 spiro atoms. The number of hydrogen-bond acceptors (Lipinski definition) is 2. The van der Waals surface area contributed by atoms with Gasteiger partial charge in [-0.15, -0.1) is 0 Å². The van der Waals surface area contributed by atoms with Crippen LogP contribution in [0.15, 0.2) is 42.5 Å². The maximum atomic E-state index is 13.2. The number of fused-ring (bicyclic) bond motifs is 3. The molecule has 0 radical (unpaired) electrons. The van der Waals surface area contributed by atoms with Crippen LogP contribution in [0.1, 0.15) is 12.0 Å². The van der Waals surface area contributed by atoms with Crippen molar-refractivity contribution in [1.82, 2.24) is 5.32 Å². The van der Waals surface area contributed by atoms with Gasteiger partial charge in [-0.1, -0.05) is 30.3 Å². The Morgan fingerprint density at radius 1 is 1.05 bits per heavy atom. The first-order valence-corrected chi connectivity index (χ1v) is 7.68. The van der Waals surface area contributed by atoms with E-state index >= 15 is 0 Å². The highest BCUT2D eigenvalue weighted by Crippen LogP contribution is 2.41. The van der Waals surface area contributed by atoms with E-state index in [1.54, 1.807) is 12.1 Å². The second-order valence-corrected chi connectivity index (χ2v) is 5.91. The van der Waals surface area contributed by atoms with Crippen LogP contribution in [-0.2, 0) is 6.42 Å². The third-order valence-electron chi connectivity index (χ3n) is 4.64. The van der Waals surface area contributed by atoms with Gasteiger partial charge < -0.3 is 10.2 Å². The topological polar surface area (TPSA) is 15.3 Å². The first-order valence-electron chi connectivity index (χ1n) is 7.68. The number of anilines is 1. The van der Waals surface area contributed by atoms with Gasteiger partial charge in [0.1, 0.15) is 5.82 Å². The lowest BCUT2D eigenvalue weighted by molar-refractivity contribution is 0.612. The predicted octanol–water partition coefficient (Wildman–Crippen LogP) is 3.22. The van der Waals surface area contributed by atoms with Gasteiger partial charge in [-0.2, -0.15) is 0 Å². The first kappa shape index (κ1) is 12.8. The van der Waals surface area contributed by atoms with Crippen LogP contribution in [0.5, 0.6) is 0 Å². The molecule has 0 aromatic heterocycles. The summed E-state index contributed by atoms with van der Waals surface area (Å²) in [6, 6.07) is 14.0. The molecule has 108 valence electrons. The van der Waals surface area contributed by atoms with Crippen LogP contribution in [0.4, 0.5) is 10.1 Å². The summed E-state index contributed by atoms with van der Waals surface area (Å²) in [6.07, 6.45) is 2.32. The zero-order valence-electron chi connectivity index (χ0n) is 12.0. The van der Waals surface area contributed by atoms with Crippen molar-refractivity contribution in [2.75, 3.05) is 24.5 Å². The van der Waals surface area contributed by atoms with E-state index in [1.807, 2.05) is 12.1 Å². The van der Waals surface area contributed by atoms with Gasteiger partial charge in [0.15, 0.2) is 0 Å². The molecular weight excluding hydrogens is 263 g/mol. The van der Waals surface area contributed by atoms with Crippen molar-refractivity contribution in [1.29, 1.82) is 0 Å². The molecule has 2 nitrogen and oxygen atoms in total. The summed E-state index contributed by atoms with van der Waals surface area (Å²) < 4.78 is 13.2. The van der Waals surface area contributed by atoms with Crippen LogP contribution in [0.3, 0.4) is 0 Å². The van der Waals surface area contributed by atoms with Crippen LogP contribution in [0.25, 0.3) is 11.1 Å². The smallest absolute Gasteiger partial charge is 0.123 e. The fraction of sp³-hybridized carbons (Fsp3) is 0.333. The molecule has 2 aromatic carbocycles. The molecule has 4 rings (SSSR count). The van der Waals surface area contributed by atoms with Crippen LogP contribution in [0.2, 0.25) is 0 Å². The summed E-state index contributed by atoms with van der Waals surface area (Å²) in [6.45, 7) is 3.19. The Labute approximate surface area is 124 Å². The molecule has 1 unspecified atom stereocenters. The third kappa shape index (κ3) is 2.22. The Hall–Kier alpha value is -1.87. The Bertz CT molecular complexity index is 651. The number of hydrogen-bond donors (Lipinski definition) is 1. The number of nitrogens with one attached hydrogen (secondary N) is 1. The van der Waals surface area contributed by atoms with E-state index in [4.69, 9.17) is 0 Å². The van der Waals surface area contributed by atoms with Gasteiger partial charge in [0.25, 0.3) is 0 Å². The number of benzene rings is 2. The van der Waals surface area contributed by atoms with Gasteiger partial charge in [0, 0.05) is 30.4 Å². The average Bonchev–Trinajstić information content (AvgIpc) is 2.70. The van der Waals surface area contributed by atoms with Gasteiger partial charge in [0.2, 0.25) is 0 Å². The molecule has 1 saturated heterocycles. The van der Waals surface area contributed by atoms with Crippen molar-refractivity contribution in [2.24, 2.45) is 0 Å². The second kappa shape index (κ2) is 5.15.